The maximum Gasteiger partial charge on any atom is 0.397 e. The molecule has 0 aliphatic carbocycles. The van der Waals surface area contributed by atoms with E-state index in [2.05, 4.69) is 5.10 Å². The highest BCUT2D eigenvalue weighted by Gasteiger charge is 2.48. The number of benzene rings is 2. The quantitative estimate of drug-likeness (QED) is 0.319. The Bertz CT molecular complexity index is 1180. The first kappa shape index (κ1) is 24.2. The number of hydrogen-bond acceptors (Lipinski definition) is 3. The summed E-state index contributed by atoms with van der Waals surface area (Å²) in [5.74, 6) is -1.06. The van der Waals surface area contributed by atoms with Crippen LogP contribution in [-0.4, -0.2) is 29.0 Å². The number of ether oxygens (including phenoxy) is 1. The molecule has 3 rings (SSSR count). The predicted octanol–water partition coefficient (Wildman–Crippen LogP) is 6.33. The summed E-state index contributed by atoms with van der Waals surface area (Å²) in [4.78, 5) is 11.7. The molecule has 0 saturated carbocycles. The van der Waals surface area contributed by atoms with Gasteiger partial charge in [-0.15, -0.1) is 0 Å². The summed E-state index contributed by atoms with van der Waals surface area (Å²) < 4.78 is 60.8. The minimum Gasteiger partial charge on any atom is -0.465 e. The molecule has 0 unspecified atom stereocenters. The average Bonchev–Trinajstić information content (AvgIpc) is 3.13. The van der Waals surface area contributed by atoms with E-state index in [1.807, 2.05) is 6.07 Å². The van der Waals surface area contributed by atoms with Crippen LogP contribution in [0.25, 0.3) is 11.9 Å². The number of esters is 1. The number of nitrogens with zero attached hydrogens (tertiary/aromatic N) is 2. The van der Waals surface area contributed by atoms with E-state index in [4.69, 9.17) is 4.74 Å². The average molecular weight is 460 g/mol. The number of halogens is 4. The normalized spacial score (nSPS) is 12.7. The molecule has 33 heavy (non-hydrogen) atoms. The molecule has 0 amide bonds. The summed E-state index contributed by atoms with van der Waals surface area (Å²) in [5, 5.41) is 4.29. The van der Waals surface area contributed by atoms with Crippen LogP contribution in [0.5, 0.6) is 0 Å². The van der Waals surface area contributed by atoms with E-state index in [1.165, 1.54) is 37.5 Å². The lowest BCUT2D eigenvalue weighted by Crippen LogP contribution is -2.36. The zero-order valence-corrected chi connectivity index (χ0v) is 18.7. The predicted molar refractivity (Wildman–Crippen MR) is 118 cm³/mol. The van der Waals surface area contributed by atoms with Crippen LogP contribution < -0.4 is 0 Å². The molecular weight excluding hydrogens is 436 g/mol. The Hall–Kier alpha value is -3.42. The van der Waals surface area contributed by atoms with Gasteiger partial charge in [0.05, 0.1) is 24.6 Å². The number of rotatable bonds is 6. The molecule has 0 N–H and O–H groups in total. The molecule has 0 aliphatic rings. The Labute approximate surface area is 189 Å². The Balaban J connectivity index is 1.80. The monoisotopic (exact) mass is 460 g/mol. The van der Waals surface area contributed by atoms with E-state index in [1.54, 1.807) is 35.9 Å². The number of aryl methyl sites for hydroxylation is 1. The van der Waals surface area contributed by atoms with Gasteiger partial charge in [0.15, 0.2) is 5.83 Å². The second-order valence-corrected chi connectivity index (χ2v) is 8.26. The molecule has 174 valence electrons. The van der Waals surface area contributed by atoms with Gasteiger partial charge in [-0.25, -0.2) is 9.18 Å². The van der Waals surface area contributed by atoms with Crippen LogP contribution in [0.2, 0.25) is 0 Å². The molecule has 4 nitrogen and oxygen atoms in total. The number of methoxy groups -OCH3 is 1. The summed E-state index contributed by atoms with van der Waals surface area (Å²) >= 11 is 0. The van der Waals surface area contributed by atoms with Crippen LogP contribution in [0.15, 0.2) is 54.6 Å². The number of alkyl halides is 3. The largest absolute Gasteiger partial charge is 0.465 e. The lowest BCUT2D eigenvalue weighted by Gasteiger charge is -2.28. The number of aromatic nitrogens is 2. The van der Waals surface area contributed by atoms with Gasteiger partial charge < -0.3 is 4.74 Å². The van der Waals surface area contributed by atoms with Crippen molar-refractivity contribution in [3.63, 3.8) is 0 Å². The summed E-state index contributed by atoms with van der Waals surface area (Å²) in [6, 6.07) is 14.1. The molecule has 0 atom stereocenters. The third-order valence-electron chi connectivity index (χ3n) is 5.54. The van der Waals surface area contributed by atoms with E-state index >= 15 is 0 Å². The zero-order valence-electron chi connectivity index (χ0n) is 18.7. The molecule has 3 aromatic rings. The van der Waals surface area contributed by atoms with Gasteiger partial charge >= 0.3 is 12.1 Å². The molecule has 0 bridgehead atoms. The van der Waals surface area contributed by atoms with Crippen molar-refractivity contribution in [3.8, 4) is 0 Å². The number of carbonyl (C=O) groups excluding carboxylic acids is 1. The fourth-order valence-corrected chi connectivity index (χ4v) is 3.25. The van der Waals surface area contributed by atoms with Gasteiger partial charge in [0.1, 0.15) is 5.69 Å². The van der Waals surface area contributed by atoms with E-state index < -0.39 is 23.4 Å². The van der Waals surface area contributed by atoms with Crippen molar-refractivity contribution in [1.29, 1.82) is 0 Å². The summed E-state index contributed by atoms with van der Waals surface area (Å²) in [5.41, 5.74) is 0.533. The van der Waals surface area contributed by atoms with Crippen LogP contribution in [0.3, 0.4) is 0 Å². The van der Waals surface area contributed by atoms with Crippen molar-refractivity contribution in [2.24, 2.45) is 0 Å². The maximum absolute atomic E-state index is 14.8. The fourth-order valence-electron chi connectivity index (χ4n) is 3.25. The van der Waals surface area contributed by atoms with Gasteiger partial charge in [-0.3, -0.25) is 4.68 Å². The van der Waals surface area contributed by atoms with Crippen molar-refractivity contribution in [1.82, 2.24) is 9.78 Å². The first-order chi connectivity index (χ1) is 15.4. The highest BCUT2D eigenvalue weighted by atomic mass is 19.4. The van der Waals surface area contributed by atoms with Crippen molar-refractivity contribution < 1.29 is 27.1 Å². The van der Waals surface area contributed by atoms with Crippen LogP contribution in [0.4, 0.5) is 17.6 Å². The smallest absolute Gasteiger partial charge is 0.397 e. The first-order valence-electron chi connectivity index (χ1n) is 10.2. The van der Waals surface area contributed by atoms with E-state index in [-0.39, 0.29) is 11.3 Å². The lowest BCUT2D eigenvalue weighted by molar-refractivity contribution is -0.180. The molecule has 0 radical (unpaired) electrons. The van der Waals surface area contributed by atoms with Crippen molar-refractivity contribution in [2.75, 3.05) is 7.11 Å². The van der Waals surface area contributed by atoms with Crippen molar-refractivity contribution >= 4 is 17.9 Å². The Morgan fingerprint density at radius 2 is 1.76 bits per heavy atom. The van der Waals surface area contributed by atoms with Crippen molar-refractivity contribution in [2.45, 2.75) is 38.9 Å². The molecule has 1 heterocycles. The first-order valence-corrected chi connectivity index (χ1v) is 10.2. The SMILES string of the molecule is COC(=O)c1cccc(Cn2nc(/C(F)=C/c3ccc(C(C)(C)C(F)(F)F)cc3)cc2C)c1. The topological polar surface area (TPSA) is 44.1 Å². The summed E-state index contributed by atoms with van der Waals surface area (Å²) in [6.45, 7) is 4.32. The Morgan fingerprint density at radius 1 is 1.09 bits per heavy atom. The van der Waals surface area contributed by atoms with Gasteiger partial charge in [0.2, 0.25) is 0 Å². The van der Waals surface area contributed by atoms with Gasteiger partial charge in [-0.2, -0.15) is 18.3 Å². The molecule has 1 aromatic heterocycles. The minimum atomic E-state index is -4.39. The fraction of sp³-hybridized carbons (Fsp3) is 0.280. The molecular formula is C25H24F4N2O2. The van der Waals surface area contributed by atoms with E-state index in [9.17, 15) is 22.4 Å². The van der Waals surface area contributed by atoms with Crippen LogP contribution >= 0.6 is 0 Å². The zero-order chi connectivity index (χ0) is 24.4. The standard InChI is InChI=1S/C25H24F4N2O2/c1-16-12-22(30-31(16)15-18-6-5-7-19(13-18)23(32)33-4)21(26)14-17-8-10-20(11-9-17)24(2,3)25(27,28)29/h5-14H,15H2,1-4H3/b21-14-. The molecule has 0 fully saturated rings. The molecule has 0 saturated heterocycles. The minimum absolute atomic E-state index is 0.0989. The molecule has 8 heteroatoms. The molecule has 2 aromatic carbocycles. The third-order valence-corrected chi connectivity index (χ3v) is 5.54. The number of carbonyl (C=O) groups is 1. The van der Waals surface area contributed by atoms with E-state index in [0.29, 0.717) is 23.4 Å². The van der Waals surface area contributed by atoms with Gasteiger partial charge in [-0.05, 0) is 61.7 Å². The van der Waals surface area contributed by atoms with Gasteiger partial charge in [0.25, 0.3) is 0 Å². The van der Waals surface area contributed by atoms with Gasteiger partial charge in [-0.1, -0.05) is 36.4 Å². The maximum atomic E-state index is 14.8. The summed E-state index contributed by atoms with van der Waals surface area (Å²) in [6.07, 6.45) is -3.16. The second-order valence-electron chi connectivity index (χ2n) is 8.26. The van der Waals surface area contributed by atoms with E-state index in [0.717, 1.165) is 19.4 Å². The van der Waals surface area contributed by atoms with Crippen LogP contribution in [0.1, 0.15) is 52.3 Å². The second kappa shape index (κ2) is 9.21. The molecule has 0 spiro atoms. The Kier molecular flexibility index (Phi) is 6.76. The van der Waals surface area contributed by atoms with Crippen LogP contribution in [-0.2, 0) is 16.7 Å². The molecule has 0 aliphatic heterocycles. The highest BCUT2D eigenvalue weighted by Crippen LogP contribution is 2.40. The van der Waals surface area contributed by atoms with Gasteiger partial charge in [0, 0.05) is 5.69 Å². The third kappa shape index (κ3) is 5.32. The lowest BCUT2D eigenvalue weighted by atomic mass is 9.83. The highest BCUT2D eigenvalue weighted by molar-refractivity contribution is 5.89. The Morgan fingerprint density at radius 3 is 2.36 bits per heavy atom. The summed E-state index contributed by atoms with van der Waals surface area (Å²) in [7, 11) is 1.30. The number of hydrogen-bond donors (Lipinski definition) is 0. The van der Waals surface area contributed by atoms with Crippen LogP contribution in [0, 0.1) is 6.92 Å². The van der Waals surface area contributed by atoms with Crippen molar-refractivity contribution in [3.05, 3.63) is 88.2 Å².